The van der Waals surface area contributed by atoms with Crippen LogP contribution < -0.4 is 5.32 Å². The second kappa shape index (κ2) is 6.61. The van der Waals surface area contributed by atoms with Gasteiger partial charge in [0.15, 0.2) is 0 Å². The molecule has 0 radical (unpaired) electrons. The largest absolute Gasteiger partial charge is 0.393 e. The van der Waals surface area contributed by atoms with Crippen LogP contribution in [0.3, 0.4) is 0 Å². The predicted molar refractivity (Wildman–Crippen MR) is 69.6 cm³/mol. The first-order valence-corrected chi connectivity index (χ1v) is 6.95. The summed E-state index contributed by atoms with van der Waals surface area (Å²) in [5, 5.41) is 13.1. The number of hydrogen-bond donors (Lipinski definition) is 2. The van der Waals surface area contributed by atoms with E-state index in [0.717, 1.165) is 25.8 Å². The van der Waals surface area contributed by atoms with E-state index in [1.165, 1.54) is 25.7 Å². The van der Waals surface area contributed by atoms with Gasteiger partial charge < -0.3 is 10.4 Å². The standard InChI is InChI=1S/C14H29NO/c1-4-13(16)8-6-10-15-12-7-5-9-14(2,3)11-12/h12-13,15-16H,4-11H2,1-3H3. The summed E-state index contributed by atoms with van der Waals surface area (Å²) in [6.07, 6.45) is 8.22. The second-order valence-electron chi connectivity index (χ2n) is 6.12. The van der Waals surface area contributed by atoms with Gasteiger partial charge in [0.2, 0.25) is 0 Å². The molecular weight excluding hydrogens is 198 g/mol. The van der Waals surface area contributed by atoms with Gasteiger partial charge in [-0.2, -0.15) is 0 Å². The van der Waals surface area contributed by atoms with Crippen molar-refractivity contribution in [3.05, 3.63) is 0 Å². The topological polar surface area (TPSA) is 32.3 Å². The lowest BCUT2D eigenvalue weighted by atomic mass is 9.75. The quantitative estimate of drug-likeness (QED) is 0.683. The van der Waals surface area contributed by atoms with Crippen LogP contribution in [0.15, 0.2) is 0 Å². The maximum atomic E-state index is 9.45. The number of rotatable bonds is 6. The van der Waals surface area contributed by atoms with Crippen LogP contribution in [-0.4, -0.2) is 23.8 Å². The fraction of sp³-hybridized carbons (Fsp3) is 1.00. The second-order valence-corrected chi connectivity index (χ2v) is 6.12. The van der Waals surface area contributed by atoms with Gasteiger partial charge in [-0.05, 0) is 50.5 Å². The average molecular weight is 227 g/mol. The molecule has 1 fully saturated rings. The molecule has 1 rings (SSSR count). The molecule has 0 heterocycles. The number of aliphatic hydroxyl groups is 1. The number of aliphatic hydroxyl groups excluding tert-OH is 1. The highest BCUT2D eigenvalue weighted by Gasteiger charge is 2.27. The molecule has 0 spiro atoms. The molecule has 1 saturated carbocycles. The van der Waals surface area contributed by atoms with E-state index in [2.05, 4.69) is 19.2 Å². The van der Waals surface area contributed by atoms with Gasteiger partial charge in [0, 0.05) is 6.04 Å². The molecule has 2 N–H and O–H groups in total. The summed E-state index contributed by atoms with van der Waals surface area (Å²) in [5.41, 5.74) is 0.527. The molecule has 0 aliphatic heterocycles. The van der Waals surface area contributed by atoms with Gasteiger partial charge in [0.05, 0.1) is 6.10 Å². The summed E-state index contributed by atoms with van der Waals surface area (Å²) in [7, 11) is 0. The number of nitrogens with one attached hydrogen (secondary N) is 1. The molecule has 1 aliphatic rings. The van der Waals surface area contributed by atoms with Gasteiger partial charge in [-0.15, -0.1) is 0 Å². The zero-order chi connectivity index (χ0) is 12.0. The maximum absolute atomic E-state index is 9.45. The predicted octanol–water partition coefficient (Wildman–Crippen LogP) is 3.10. The van der Waals surface area contributed by atoms with E-state index in [4.69, 9.17) is 0 Å². The Morgan fingerprint density at radius 3 is 2.81 bits per heavy atom. The van der Waals surface area contributed by atoms with Crippen LogP contribution in [0.2, 0.25) is 0 Å². The van der Waals surface area contributed by atoms with Crippen LogP contribution in [0.4, 0.5) is 0 Å². The summed E-state index contributed by atoms with van der Waals surface area (Å²) >= 11 is 0. The summed E-state index contributed by atoms with van der Waals surface area (Å²) in [5.74, 6) is 0. The molecule has 0 aromatic carbocycles. The van der Waals surface area contributed by atoms with Crippen molar-refractivity contribution in [2.45, 2.75) is 77.9 Å². The van der Waals surface area contributed by atoms with Crippen LogP contribution in [0.25, 0.3) is 0 Å². The van der Waals surface area contributed by atoms with Gasteiger partial charge in [-0.1, -0.05) is 27.2 Å². The van der Waals surface area contributed by atoms with E-state index in [1.807, 2.05) is 6.92 Å². The molecule has 2 heteroatoms. The van der Waals surface area contributed by atoms with Crippen molar-refractivity contribution in [3.8, 4) is 0 Å². The lowest BCUT2D eigenvalue weighted by Crippen LogP contribution is -2.37. The highest BCUT2D eigenvalue weighted by Crippen LogP contribution is 2.34. The van der Waals surface area contributed by atoms with Crippen LogP contribution in [0.5, 0.6) is 0 Å². The van der Waals surface area contributed by atoms with Crippen molar-refractivity contribution in [2.24, 2.45) is 5.41 Å². The molecule has 16 heavy (non-hydrogen) atoms. The highest BCUT2D eigenvalue weighted by atomic mass is 16.3. The Morgan fingerprint density at radius 2 is 2.19 bits per heavy atom. The summed E-state index contributed by atoms with van der Waals surface area (Å²) in [6, 6.07) is 0.711. The van der Waals surface area contributed by atoms with Crippen molar-refractivity contribution < 1.29 is 5.11 Å². The van der Waals surface area contributed by atoms with Crippen molar-refractivity contribution in [3.63, 3.8) is 0 Å². The Balaban J connectivity index is 2.09. The van der Waals surface area contributed by atoms with E-state index in [-0.39, 0.29) is 6.10 Å². The zero-order valence-corrected chi connectivity index (χ0v) is 11.3. The van der Waals surface area contributed by atoms with Crippen LogP contribution >= 0.6 is 0 Å². The van der Waals surface area contributed by atoms with Gasteiger partial charge >= 0.3 is 0 Å². The van der Waals surface area contributed by atoms with E-state index < -0.39 is 0 Å². The lowest BCUT2D eigenvalue weighted by molar-refractivity contribution is 0.154. The monoisotopic (exact) mass is 227 g/mol. The first-order valence-electron chi connectivity index (χ1n) is 6.95. The maximum Gasteiger partial charge on any atom is 0.0538 e. The Morgan fingerprint density at radius 1 is 1.44 bits per heavy atom. The van der Waals surface area contributed by atoms with Crippen LogP contribution in [-0.2, 0) is 0 Å². The minimum absolute atomic E-state index is 0.0930. The first-order chi connectivity index (χ1) is 7.53. The third kappa shape index (κ3) is 5.31. The Bertz CT molecular complexity index is 191. The van der Waals surface area contributed by atoms with Gasteiger partial charge in [-0.3, -0.25) is 0 Å². The lowest BCUT2D eigenvalue weighted by Gasteiger charge is -2.35. The average Bonchev–Trinajstić information content (AvgIpc) is 2.22. The van der Waals surface area contributed by atoms with Gasteiger partial charge in [0.1, 0.15) is 0 Å². The molecule has 0 bridgehead atoms. The molecule has 0 saturated heterocycles. The molecule has 2 atom stereocenters. The molecule has 2 unspecified atom stereocenters. The molecule has 1 aliphatic carbocycles. The Labute approximate surface area is 101 Å². The Hall–Kier alpha value is -0.0800. The summed E-state index contributed by atoms with van der Waals surface area (Å²) in [6.45, 7) is 7.86. The summed E-state index contributed by atoms with van der Waals surface area (Å²) < 4.78 is 0. The highest BCUT2D eigenvalue weighted by molar-refractivity contribution is 4.83. The smallest absolute Gasteiger partial charge is 0.0538 e. The van der Waals surface area contributed by atoms with Crippen molar-refractivity contribution in [1.82, 2.24) is 5.32 Å². The van der Waals surface area contributed by atoms with Crippen molar-refractivity contribution in [1.29, 1.82) is 0 Å². The third-order valence-corrected chi connectivity index (χ3v) is 3.82. The van der Waals surface area contributed by atoms with E-state index in [9.17, 15) is 5.11 Å². The number of hydrogen-bond acceptors (Lipinski definition) is 2. The van der Waals surface area contributed by atoms with Crippen molar-refractivity contribution in [2.75, 3.05) is 6.54 Å². The Kier molecular flexibility index (Phi) is 5.77. The normalized spacial score (nSPS) is 26.6. The van der Waals surface area contributed by atoms with Crippen LogP contribution in [0.1, 0.15) is 65.7 Å². The molecule has 96 valence electrons. The minimum atomic E-state index is -0.0930. The van der Waals surface area contributed by atoms with Gasteiger partial charge in [-0.25, -0.2) is 0 Å². The van der Waals surface area contributed by atoms with E-state index in [1.54, 1.807) is 0 Å². The van der Waals surface area contributed by atoms with Gasteiger partial charge in [0.25, 0.3) is 0 Å². The SMILES string of the molecule is CCC(O)CCCNC1CCCC(C)(C)C1. The molecular formula is C14H29NO. The first kappa shape index (κ1) is 14.0. The fourth-order valence-electron chi connectivity index (χ4n) is 2.72. The molecule has 0 aromatic rings. The summed E-state index contributed by atoms with van der Waals surface area (Å²) in [4.78, 5) is 0. The van der Waals surface area contributed by atoms with Crippen molar-refractivity contribution >= 4 is 0 Å². The van der Waals surface area contributed by atoms with E-state index in [0.29, 0.717) is 11.5 Å². The molecule has 0 amide bonds. The third-order valence-electron chi connectivity index (χ3n) is 3.82. The minimum Gasteiger partial charge on any atom is -0.393 e. The molecule has 0 aromatic heterocycles. The molecule has 2 nitrogen and oxygen atoms in total. The fourth-order valence-corrected chi connectivity index (χ4v) is 2.72. The van der Waals surface area contributed by atoms with Crippen LogP contribution in [0, 0.1) is 5.41 Å². The van der Waals surface area contributed by atoms with E-state index >= 15 is 0 Å². The zero-order valence-electron chi connectivity index (χ0n) is 11.3.